The van der Waals surface area contributed by atoms with E-state index >= 15 is 0 Å². The highest BCUT2D eigenvalue weighted by atomic mass is 19.1. The Labute approximate surface area is 109 Å². The maximum absolute atomic E-state index is 12.9. The lowest BCUT2D eigenvalue weighted by Crippen LogP contribution is -1.79. The molecule has 3 rings (SSSR count). The Morgan fingerprint density at radius 3 is 2.32 bits per heavy atom. The van der Waals surface area contributed by atoms with E-state index in [1.807, 2.05) is 19.1 Å². The van der Waals surface area contributed by atoms with Crippen molar-refractivity contribution in [2.24, 2.45) is 0 Å². The number of rotatable bonds is 2. The van der Waals surface area contributed by atoms with Crippen molar-refractivity contribution in [2.45, 2.75) is 6.92 Å². The van der Waals surface area contributed by atoms with Crippen LogP contribution >= 0.6 is 0 Å². The smallest absolute Gasteiger partial charge is 0.227 e. The summed E-state index contributed by atoms with van der Waals surface area (Å²) in [6.45, 7) is 1.87. The molecule has 4 heteroatoms. The topological polar surface area (TPSA) is 38.9 Å². The molecule has 0 N–H and O–H groups in total. The number of aryl methyl sites for hydroxylation is 1. The van der Waals surface area contributed by atoms with Crippen molar-refractivity contribution in [3.05, 3.63) is 60.3 Å². The van der Waals surface area contributed by atoms with Gasteiger partial charge in [-0.1, -0.05) is 0 Å². The second-order valence-electron chi connectivity index (χ2n) is 4.18. The first kappa shape index (κ1) is 11.6. The highest BCUT2D eigenvalue weighted by molar-refractivity contribution is 5.63. The highest BCUT2D eigenvalue weighted by Crippen LogP contribution is 2.29. The Morgan fingerprint density at radius 1 is 0.947 bits per heavy atom. The van der Waals surface area contributed by atoms with Crippen molar-refractivity contribution in [1.29, 1.82) is 0 Å². The summed E-state index contributed by atoms with van der Waals surface area (Å²) < 4.78 is 18.7. The normalized spacial score (nSPS) is 10.6. The first-order valence-electron chi connectivity index (χ1n) is 5.88. The SMILES string of the molecule is Cc1nc(-c2ccncc2)oc1-c1ccc(F)cc1. The molecule has 3 nitrogen and oxygen atoms in total. The van der Waals surface area contributed by atoms with Crippen LogP contribution in [0.15, 0.2) is 53.2 Å². The summed E-state index contributed by atoms with van der Waals surface area (Å²) in [5.74, 6) is 0.932. The van der Waals surface area contributed by atoms with Gasteiger partial charge in [0, 0.05) is 23.5 Å². The second kappa shape index (κ2) is 4.65. The number of benzene rings is 1. The quantitative estimate of drug-likeness (QED) is 0.697. The van der Waals surface area contributed by atoms with Crippen molar-refractivity contribution < 1.29 is 8.81 Å². The molecule has 0 spiro atoms. The van der Waals surface area contributed by atoms with Gasteiger partial charge in [0.2, 0.25) is 5.89 Å². The van der Waals surface area contributed by atoms with Crippen LogP contribution in [-0.2, 0) is 0 Å². The molecule has 0 aliphatic rings. The number of aromatic nitrogens is 2. The molecule has 3 aromatic rings. The van der Waals surface area contributed by atoms with Gasteiger partial charge in [-0.15, -0.1) is 0 Å². The average Bonchev–Trinajstić information content (AvgIpc) is 2.83. The molecule has 2 aromatic heterocycles. The first-order valence-corrected chi connectivity index (χ1v) is 5.88. The minimum absolute atomic E-state index is 0.268. The van der Waals surface area contributed by atoms with Gasteiger partial charge in [0.1, 0.15) is 5.82 Å². The molecular formula is C15H11FN2O. The Bertz CT molecular complexity index is 690. The molecule has 0 saturated carbocycles. The molecule has 0 unspecified atom stereocenters. The largest absolute Gasteiger partial charge is 0.436 e. The summed E-state index contributed by atoms with van der Waals surface area (Å²) in [5, 5.41) is 0. The molecule has 19 heavy (non-hydrogen) atoms. The molecule has 0 amide bonds. The molecule has 0 fully saturated rings. The van der Waals surface area contributed by atoms with Gasteiger partial charge in [-0.3, -0.25) is 4.98 Å². The predicted molar refractivity (Wildman–Crippen MR) is 69.9 cm³/mol. The van der Waals surface area contributed by atoms with Gasteiger partial charge < -0.3 is 4.42 Å². The van der Waals surface area contributed by atoms with Crippen LogP contribution in [0.2, 0.25) is 0 Å². The summed E-state index contributed by atoms with van der Waals surface area (Å²) in [5.41, 5.74) is 2.46. The van der Waals surface area contributed by atoms with Gasteiger partial charge in [0.15, 0.2) is 5.76 Å². The summed E-state index contributed by atoms with van der Waals surface area (Å²) in [6.07, 6.45) is 3.37. The number of oxazole rings is 1. The Balaban J connectivity index is 2.05. The van der Waals surface area contributed by atoms with E-state index in [1.165, 1.54) is 12.1 Å². The van der Waals surface area contributed by atoms with Gasteiger partial charge >= 0.3 is 0 Å². The van der Waals surface area contributed by atoms with E-state index in [4.69, 9.17) is 4.42 Å². The third kappa shape index (κ3) is 2.25. The molecule has 0 aliphatic carbocycles. The van der Waals surface area contributed by atoms with Crippen molar-refractivity contribution in [1.82, 2.24) is 9.97 Å². The van der Waals surface area contributed by atoms with E-state index in [-0.39, 0.29) is 5.82 Å². The molecule has 0 atom stereocenters. The van der Waals surface area contributed by atoms with Gasteiger partial charge in [-0.2, -0.15) is 0 Å². The maximum Gasteiger partial charge on any atom is 0.227 e. The molecule has 0 bridgehead atoms. The minimum Gasteiger partial charge on any atom is -0.436 e. The zero-order chi connectivity index (χ0) is 13.2. The van der Waals surface area contributed by atoms with E-state index in [1.54, 1.807) is 24.5 Å². The second-order valence-corrected chi connectivity index (χ2v) is 4.18. The lowest BCUT2D eigenvalue weighted by molar-refractivity contribution is 0.587. The van der Waals surface area contributed by atoms with Gasteiger partial charge in [-0.05, 0) is 43.3 Å². The van der Waals surface area contributed by atoms with Crippen LogP contribution < -0.4 is 0 Å². The zero-order valence-electron chi connectivity index (χ0n) is 10.3. The lowest BCUT2D eigenvalue weighted by atomic mass is 10.1. The maximum atomic E-state index is 12.9. The Hall–Kier alpha value is -2.49. The van der Waals surface area contributed by atoms with E-state index in [0.29, 0.717) is 11.7 Å². The van der Waals surface area contributed by atoms with E-state index in [9.17, 15) is 4.39 Å². The fourth-order valence-corrected chi connectivity index (χ4v) is 1.88. The van der Waals surface area contributed by atoms with Crippen LogP contribution in [-0.4, -0.2) is 9.97 Å². The lowest BCUT2D eigenvalue weighted by Gasteiger charge is -1.97. The minimum atomic E-state index is -0.268. The van der Waals surface area contributed by atoms with Crippen LogP contribution in [0.4, 0.5) is 4.39 Å². The predicted octanol–water partition coefficient (Wildman–Crippen LogP) is 3.85. The van der Waals surface area contributed by atoms with E-state index in [2.05, 4.69) is 9.97 Å². The zero-order valence-corrected chi connectivity index (χ0v) is 10.3. The van der Waals surface area contributed by atoms with Gasteiger partial charge in [0.05, 0.1) is 5.69 Å². The third-order valence-corrected chi connectivity index (χ3v) is 2.83. The summed E-state index contributed by atoms with van der Waals surface area (Å²) in [7, 11) is 0. The molecule has 0 saturated heterocycles. The Morgan fingerprint density at radius 2 is 1.63 bits per heavy atom. The van der Waals surface area contributed by atoms with Gasteiger partial charge in [-0.25, -0.2) is 9.37 Å². The third-order valence-electron chi connectivity index (χ3n) is 2.83. The van der Waals surface area contributed by atoms with Crippen LogP contribution in [0.3, 0.4) is 0 Å². The number of hydrogen-bond acceptors (Lipinski definition) is 3. The molecule has 1 aromatic carbocycles. The fraction of sp³-hybridized carbons (Fsp3) is 0.0667. The van der Waals surface area contributed by atoms with Crippen molar-refractivity contribution in [2.75, 3.05) is 0 Å². The monoisotopic (exact) mass is 254 g/mol. The highest BCUT2D eigenvalue weighted by Gasteiger charge is 2.13. The van der Waals surface area contributed by atoms with Gasteiger partial charge in [0.25, 0.3) is 0 Å². The van der Waals surface area contributed by atoms with Crippen LogP contribution in [0.1, 0.15) is 5.69 Å². The van der Waals surface area contributed by atoms with Crippen molar-refractivity contribution in [3.8, 4) is 22.8 Å². The first-order chi connectivity index (χ1) is 9.24. The van der Waals surface area contributed by atoms with Crippen molar-refractivity contribution in [3.63, 3.8) is 0 Å². The fourth-order valence-electron chi connectivity index (χ4n) is 1.88. The number of hydrogen-bond donors (Lipinski definition) is 0. The van der Waals surface area contributed by atoms with Crippen LogP contribution in [0, 0.1) is 12.7 Å². The molecule has 2 heterocycles. The summed E-state index contributed by atoms with van der Waals surface area (Å²) in [4.78, 5) is 8.35. The van der Waals surface area contributed by atoms with E-state index < -0.39 is 0 Å². The van der Waals surface area contributed by atoms with Crippen LogP contribution in [0.25, 0.3) is 22.8 Å². The van der Waals surface area contributed by atoms with E-state index in [0.717, 1.165) is 16.8 Å². The molecule has 0 aliphatic heterocycles. The number of nitrogens with zero attached hydrogens (tertiary/aromatic N) is 2. The molecular weight excluding hydrogens is 243 g/mol. The standard InChI is InChI=1S/C15H11FN2O/c1-10-14(11-2-4-13(16)5-3-11)19-15(18-10)12-6-8-17-9-7-12/h2-9H,1H3. The van der Waals surface area contributed by atoms with Crippen molar-refractivity contribution >= 4 is 0 Å². The molecule has 94 valence electrons. The Kier molecular flexibility index (Phi) is 2.83. The van der Waals surface area contributed by atoms with Crippen LogP contribution in [0.5, 0.6) is 0 Å². The molecule has 0 radical (unpaired) electrons. The summed E-state index contributed by atoms with van der Waals surface area (Å²) >= 11 is 0. The summed E-state index contributed by atoms with van der Waals surface area (Å²) in [6, 6.07) is 9.84. The number of pyridine rings is 1. The number of halogens is 1. The average molecular weight is 254 g/mol.